The number of amides is 2. The number of rotatable bonds is 3. The van der Waals surface area contributed by atoms with Crippen LogP contribution in [0, 0.1) is 17.2 Å². The van der Waals surface area contributed by atoms with Crippen LogP contribution in [-0.4, -0.2) is 18.4 Å². The first-order chi connectivity index (χ1) is 12.0. The zero-order valence-electron chi connectivity index (χ0n) is 13.0. The summed E-state index contributed by atoms with van der Waals surface area (Å²) in [6.07, 6.45) is 0.137. The number of benzene rings is 2. The molecule has 0 unspecified atom stereocenters. The van der Waals surface area contributed by atoms with Gasteiger partial charge >= 0.3 is 0 Å². The van der Waals surface area contributed by atoms with Crippen molar-refractivity contribution in [1.29, 1.82) is 5.26 Å². The highest BCUT2D eigenvalue weighted by molar-refractivity contribution is 6.32. The van der Waals surface area contributed by atoms with Crippen LogP contribution < -0.4 is 10.2 Å². The maximum Gasteiger partial charge on any atom is 0.229 e. The van der Waals surface area contributed by atoms with Crippen molar-refractivity contribution in [2.45, 2.75) is 6.42 Å². The van der Waals surface area contributed by atoms with E-state index in [1.54, 1.807) is 35.2 Å². The Hall–Kier alpha value is -2.55. The molecule has 3 rings (SSSR count). The van der Waals surface area contributed by atoms with Crippen molar-refractivity contribution in [3.05, 3.63) is 58.1 Å². The average Bonchev–Trinajstić information content (AvgIpc) is 2.98. The molecule has 0 spiro atoms. The molecular weight excluding hydrogens is 361 g/mol. The molecular formula is C18H13Cl2N3O2. The minimum Gasteiger partial charge on any atom is -0.326 e. The molecule has 1 saturated heterocycles. The predicted octanol–water partition coefficient (Wildman–Crippen LogP) is 3.86. The lowest BCUT2D eigenvalue weighted by molar-refractivity contribution is -0.122. The van der Waals surface area contributed by atoms with E-state index in [1.807, 2.05) is 6.07 Å². The van der Waals surface area contributed by atoms with Gasteiger partial charge in [0.05, 0.1) is 16.5 Å². The van der Waals surface area contributed by atoms with Crippen molar-refractivity contribution in [1.82, 2.24) is 0 Å². The maximum absolute atomic E-state index is 12.4. The number of hydrogen-bond donors (Lipinski definition) is 1. The highest BCUT2D eigenvalue weighted by atomic mass is 35.5. The molecule has 25 heavy (non-hydrogen) atoms. The summed E-state index contributed by atoms with van der Waals surface area (Å²) in [6.45, 7) is 0.302. The number of carbonyl (C=O) groups excluding carboxylic acids is 2. The minimum absolute atomic E-state index is 0.111. The van der Waals surface area contributed by atoms with Gasteiger partial charge < -0.3 is 10.2 Å². The van der Waals surface area contributed by atoms with Crippen LogP contribution in [0.1, 0.15) is 12.0 Å². The molecule has 1 N–H and O–H groups in total. The third-order valence-electron chi connectivity index (χ3n) is 3.99. The number of anilines is 2. The van der Waals surface area contributed by atoms with Crippen molar-refractivity contribution in [3.63, 3.8) is 0 Å². The lowest BCUT2D eigenvalue weighted by Crippen LogP contribution is -2.28. The van der Waals surface area contributed by atoms with E-state index in [-0.39, 0.29) is 23.3 Å². The highest BCUT2D eigenvalue weighted by Crippen LogP contribution is 2.27. The summed E-state index contributed by atoms with van der Waals surface area (Å²) in [5.74, 6) is -0.830. The Morgan fingerprint density at radius 2 is 1.92 bits per heavy atom. The first-order valence-corrected chi connectivity index (χ1v) is 8.30. The van der Waals surface area contributed by atoms with Gasteiger partial charge in [0, 0.05) is 29.4 Å². The third kappa shape index (κ3) is 3.76. The van der Waals surface area contributed by atoms with Gasteiger partial charge in [-0.3, -0.25) is 9.59 Å². The fourth-order valence-corrected chi connectivity index (χ4v) is 3.03. The van der Waals surface area contributed by atoms with E-state index in [9.17, 15) is 9.59 Å². The molecule has 0 aliphatic carbocycles. The van der Waals surface area contributed by atoms with Crippen LogP contribution in [0.2, 0.25) is 10.0 Å². The third-order valence-corrected chi connectivity index (χ3v) is 4.56. The van der Waals surface area contributed by atoms with Gasteiger partial charge in [-0.25, -0.2) is 0 Å². The summed E-state index contributed by atoms with van der Waals surface area (Å²) in [5.41, 5.74) is 1.54. The Bertz CT molecular complexity index is 875. The molecule has 2 aromatic carbocycles. The lowest BCUT2D eigenvalue weighted by Gasteiger charge is -2.16. The molecule has 1 aliphatic rings. The van der Waals surface area contributed by atoms with Gasteiger partial charge in [0.1, 0.15) is 6.07 Å². The minimum atomic E-state index is -0.461. The summed E-state index contributed by atoms with van der Waals surface area (Å²) in [7, 11) is 0. The molecule has 7 heteroatoms. The van der Waals surface area contributed by atoms with Gasteiger partial charge in [-0.2, -0.15) is 5.26 Å². The normalized spacial score (nSPS) is 16.6. The van der Waals surface area contributed by atoms with Gasteiger partial charge in [0.15, 0.2) is 0 Å². The largest absolute Gasteiger partial charge is 0.326 e. The van der Waals surface area contributed by atoms with Crippen molar-refractivity contribution in [2.75, 3.05) is 16.8 Å². The van der Waals surface area contributed by atoms with Crippen LogP contribution in [0.15, 0.2) is 42.5 Å². The van der Waals surface area contributed by atoms with Crippen LogP contribution in [0.4, 0.5) is 11.4 Å². The Balaban J connectivity index is 1.69. The number of carbonyl (C=O) groups is 2. The van der Waals surface area contributed by atoms with Crippen LogP contribution in [-0.2, 0) is 9.59 Å². The fourth-order valence-electron chi connectivity index (χ4n) is 2.68. The molecule has 0 aromatic heterocycles. The SMILES string of the molecule is N#Cc1ccc(NC(=O)[C@H]2CC(=O)N(c3ccc(Cl)cc3)C2)cc1Cl. The van der Waals surface area contributed by atoms with Crippen molar-refractivity contribution in [2.24, 2.45) is 5.92 Å². The van der Waals surface area contributed by atoms with Crippen molar-refractivity contribution in [3.8, 4) is 6.07 Å². The summed E-state index contributed by atoms with van der Waals surface area (Å²) >= 11 is 11.8. The topological polar surface area (TPSA) is 73.2 Å². The molecule has 1 fully saturated rings. The Morgan fingerprint density at radius 1 is 1.20 bits per heavy atom. The van der Waals surface area contributed by atoms with Gasteiger partial charge in [-0.15, -0.1) is 0 Å². The quantitative estimate of drug-likeness (QED) is 0.887. The molecule has 0 bridgehead atoms. The number of nitrogens with zero attached hydrogens (tertiary/aromatic N) is 2. The Morgan fingerprint density at radius 3 is 2.56 bits per heavy atom. The van der Waals surface area contributed by atoms with Crippen LogP contribution in [0.25, 0.3) is 0 Å². The van der Waals surface area contributed by atoms with Gasteiger partial charge in [0.2, 0.25) is 11.8 Å². The van der Waals surface area contributed by atoms with E-state index in [4.69, 9.17) is 28.5 Å². The molecule has 5 nitrogen and oxygen atoms in total. The Labute approximate surface area is 154 Å². The molecule has 0 saturated carbocycles. The Kier molecular flexibility index (Phi) is 4.93. The molecule has 126 valence electrons. The van der Waals surface area contributed by atoms with Gasteiger partial charge in [-0.1, -0.05) is 23.2 Å². The molecule has 2 amide bonds. The van der Waals surface area contributed by atoms with E-state index in [0.29, 0.717) is 28.5 Å². The van der Waals surface area contributed by atoms with E-state index in [2.05, 4.69) is 5.32 Å². The first kappa shape index (κ1) is 17.3. The van der Waals surface area contributed by atoms with Gasteiger partial charge in [0.25, 0.3) is 0 Å². The highest BCUT2D eigenvalue weighted by Gasteiger charge is 2.35. The summed E-state index contributed by atoms with van der Waals surface area (Å²) in [4.78, 5) is 26.2. The molecule has 0 radical (unpaired) electrons. The number of hydrogen-bond acceptors (Lipinski definition) is 3. The van der Waals surface area contributed by atoms with Crippen LogP contribution in [0.3, 0.4) is 0 Å². The second-order valence-electron chi connectivity index (χ2n) is 5.68. The predicted molar refractivity (Wildman–Crippen MR) is 96.7 cm³/mol. The van der Waals surface area contributed by atoms with Crippen LogP contribution >= 0.6 is 23.2 Å². The summed E-state index contributed by atoms with van der Waals surface area (Å²) < 4.78 is 0. The molecule has 1 aliphatic heterocycles. The molecule has 1 heterocycles. The molecule has 1 atom stereocenters. The number of halogens is 2. The lowest BCUT2D eigenvalue weighted by atomic mass is 10.1. The van der Waals surface area contributed by atoms with Crippen molar-refractivity contribution >= 4 is 46.4 Å². The van der Waals surface area contributed by atoms with Gasteiger partial charge in [-0.05, 0) is 42.5 Å². The number of nitriles is 1. The average molecular weight is 374 g/mol. The monoisotopic (exact) mass is 373 g/mol. The second-order valence-corrected chi connectivity index (χ2v) is 6.52. The van der Waals surface area contributed by atoms with Crippen molar-refractivity contribution < 1.29 is 9.59 Å². The van der Waals surface area contributed by atoms with E-state index >= 15 is 0 Å². The zero-order chi connectivity index (χ0) is 18.0. The smallest absolute Gasteiger partial charge is 0.229 e. The standard InChI is InChI=1S/C18H13Cl2N3O2/c19-13-2-5-15(6-3-13)23-10-12(7-17(23)24)18(25)22-14-4-1-11(9-21)16(20)8-14/h1-6,8,12H,7,10H2,(H,22,25)/t12-/m0/s1. The van der Waals surface area contributed by atoms with Crippen LogP contribution in [0.5, 0.6) is 0 Å². The molecule has 2 aromatic rings. The van der Waals surface area contributed by atoms with E-state index in [0.717, 1.165) is 0 Å². The maximum atomic E-state index is 12.4. The first-order valence-electron chi connectivity index (χ1n) is 7.54. The number of nitrogens with one attached hydrogen (secondary N) is 1. The fraction of sp³-hybridized carbons (Fsp3) is 0.167. The summed E-state index contributed by atoms with van der Waals surface area (Å²) in [6, 6.07) is 13.5. The zero-order valence-corrected chi connectivity index (χ0v) is 14.5. The van der Waals surface area contributed by atoms with E-state index < -0.39 is 5.92 Å². The second kappa shape index (κ2) is 7.14. The van der Waals surface area contributed by atoms with E-state index in [1.165, 1.54) is 12.1 Å². The summed E-state index contributed by atoms with van der Waals surface area (Å²) in [5, 5.41) is 12.5.